The van der Waals surface area contributed by atoms with E-state index in [1.54, 1.807) is 12.3 Å². The van der Waals surface area contributed by atoms with Gasteiger partial charge in [0.2, 0.25) is 5.91 Å². The Labute approximate surface area is 94.1 Å². The largest absolute Gasteiger partial charge is 0.467 e. The first-order chi connectivity index (χ1) is 7.84. The van der Waals surface area contributed by atoms with Gasteiger partial charge in [-0.15, -0.1) is 0 Å². The van der Waals surface area contributed by atoms with Crippen molar-refractivity contribution in [2.24, 2.45) is 0 Å². The molecule has 1 aliphatic heterocycles. The van der Waals surface area contributed by atoms with Crippen molar-refractivity contribution in [1.82, 2.24) is 10.6 Å². The molecule has 0 saturated carbocycles. The van der Waals surface area contributed by atoms with Gasteiger partial charge in [0.15, 0.2) is 0 Å². The zero-order chi connectivity index (χ0) is 11.2. The van der Waals surface area contributed by atoms with Crippen molar-refractivity contribution >= 4 is 5.91 Å². The molecule has 1 amide bonds. The summed E-state index contributed by atoms with van der Waals surface area (Å²) < 4.78 is 10.6. The number of rotatable bonds is 4. The average molecular weight is 224 g/mol. The number of ether oxygens (including phenoxy) is 1. The van der Waals surface area contributed by atoms with E-state index in [1.807, 2.05) is 6.07 Å². The molecule has 1 aromatic rings. The summed E-state index contributed by atoms with van der Waals surface area (Å²) >= 11 is 0. The molecule has 16 heavy (non-hydrogen) atoms. The summed E-state index contributed by atoms with van der Waals surface area (Å²) in [6, 6.07) is 3.63. The summed E-state index contributed by atoms with van der Waals surface area (Å²) in [5, 5.41) is 5.98. The van der Waals surface area contributed by atoms with Crippen molar-refractivity contribution < 1.29 is 13.9 Å². The topological polar surface area (TPSA) is 63.5 Å². The summed E-state index contributed by atoms with van der Waals surface area (Å²) in [4.78, 5) is 11.5. The number of hydrogen-bond donors (Lipinski definition) is 2. The zero-order valence-corrected chi connectivity index (χ0v) is 9.07. The Morgan fingerprint density at radius 2 is 2.56 bits per heavy atom. The smallest absolute Gasteiger partial charge is 0.223 e. The fourth-order valence-corrected chi connectivity index (χ4v) is 1.63. The number of hydrogen-bond acceptors (Lipinski definition) is 4. The van der Waals surface area contributed by atoms with Crippen LogP contribution in [-0.4, -0.2) is 31.7 Å². The SMILES string of the molecule is O=C(CC1CNCCO1)NCc1ccco1. The molecule has 2 rings (SSSR count). The minimum Gasteiger partial charge on any atom is -0.467 e. The lowest BCUT2D eigenvalue weighted by Gasteiger charge is -2.22. The molecule has 1 saturated heterocycles. The molecule has 0 spiro atoms. The lowest BCUT2D eigenvalue weighted by atomic mass is 10.2. The molecule has 5 heteroatoms. The first kappa shape index (κ1) is 11.2. The Morgan fingerprint density at radius 3 is 3.25 bits per heavy atom. The Kier molecular flexibility index (Phi) is 3.96. The number of furan rings is 1. The Bertz CT molecular complexity index is 318. The van der Waals surface area contributed by atoms with Crippen LogP contribution in [0, 0.1) is 0 Å². The van der Waals surface area contributed by atoms with Crippen LogP contribution in [0.25, 0.3) is 0 Å². The molecule has 88 valence electrons. The quantitative estimate of drug-likeness (QED) is 0.770. The number of nitrogens with one attached hydrogen (secondary N) is 2. The molecule has 1 aromatic heterocycles. The molecule has 0 bridgehead atoms. The van der Waals surface area contributed by atoms with Gasteiger partial charge in [-0.2, -0.15) is 0 Å². The average Bonchev–Trinajstić information content (AvgIpc) is 2.81. The monoisotopic (exact) mass is 224 g/mol. The van der Waals surface area contributed by atoms with Gasteiger partial charge in [-0.3, -0.25) is 4.79 Å². The highest BCUT2D eigenvalue weighted by Crippen LogP contribution is 2.02. The van der Waals surface area contributed by atoms with Crippen LogP contribution in [0.1, 0.15) is 12.2 Å². The van der Waals surface area contributed by atoms with Gasteiger partial charge in [0.1, 0.15) is 5.76 Å². The maximum absolute atomic E-state index is 11.5. The summed E-state index contributed by atoms with van der Waals surface area (Å²) in [5.41, 5.74) is 0. The van der Waals surface area contributed by atoms with Crippen LogP contribution in [0.4, 0.5) is 0 Å². The maximum atomic E-state index is 11.5. The normalized spacial score (nSPS) is 20.6. The van der Waals surface area contributed by atoms with Crippen LogP contribution in [0.15, 0.2) is 22.8 Å². The van der Waals surface area contributed by atoms with Crippen molar-refractivity contribution in [2.45, 2.75) is 19.1 Å². The molecule has 0 aliphatic carbocycles. The van der Waals surface area contributed by atoms with E-state index in [0.29, 0.717) is 19.6 Å². The minimum absolute atomic E-state index is 0.00893. The summed E-state index contributed by atoms with van der Waals surface area (Å²) in [6.07, 6.45) is 1.98. The summed E-state index contributed by atoms with van der Waals surface area (Å²) in [6.45, 7) is 2.72. The van der Waals surface area contributed by atoms with Gasteiger partial charge in [-0.05, 0) is 12.1 Å². The molecule has 0 radical (unpaired) electrons. The van der Waals surface area contributed by atoms with E-state index in [0.717, 1.165) is 18.8 Å². The summed E-state index contributed by atoms with van der Waals surface area (Å²) in [7, 11) is 0. The molecule has 1 aliphatic rings. The van der Waals surface area contributed by atoms with Crippen molar-refractivity contribution in [3.05, 3.63) is 24.2 Å². The predicted molar refractivity (Wildman–Crippen MR) is 57.8 cm³/mol. The van der Waals surface area contributed by atoms with Gasteiger partial charge < -0.3 is 19.8 Å². The van der Waals surface area contributed by atoms with E-state index in [2.05, 4.69) is 10.6 Å². The van der Waals surface area contributed by atoms with Gasteiger partial charge >= 0.3 is 0 Å². The number of carbonyl (C=O) groups excluding carboxylic acids is 1. The molecule has 5 nitrogen and oxygen atoms in total. The van der Waals surface area contributed by atoms with Crippen molar-refractivity contribution in [2.75, 3.05) is 19.7 Å². The molecule has 2 N–H and O–H groups in total. The van der Waals surface area contributed by atoms with E-state index >= 15 is 0 Å². The van der Waals surface area contributed by atoms with Crippen molar-refractivity contribution in [3.8, 4) is 0 Å². The van der Waals surface area contributed by atoms with Gasteiger partial charge in [-0.1, -0.05) is 0 Å². The fourth-order valence-electron chi connectivity index (χ4n) is 1.63. The lowest BCUT2D eigenvalue weighted by Crippen LogP contribution is -2.41. The maximum Gasteiger partial charge on any atom is 0.223 e. The lowest BCUT2D eigenvalue weighted by molar-refractivity contribution is -0.124. The van der Waals surface area contributed by atoms with Crippen molar-refractivity contribution in [1.29, 1.82) is 0 Å². The van der Waals surface area contributed by atoms with Crippen LogP contribution in [0.2, 0.25) is 0 Å². The number of carbonyl (C=O) groups is 1. The van der Waals surface area contributed by atoms with Gasteiger partial charge in [0.25, 0.3) is 0 Å². The molecule has 1 unspecified atom stereocenters. The highest BCUT2D eigenvalue weighted by atomic mass is 16.5. The second kappa shape index (κ2) is 5.67. The molecule has 2 heterocycles. The molecule has 1 atom stereocenters. The molecular weight excluding hydrogens is 208 g/mol. The van der Waals surface area contributed by atoms with Crippen molar-refractivity contribution in [3.63, 3.8) is 0 Å². The second-order valence-electron chi connectivity index (χ2n) is 3.76. The third kappa shape index (κ3) is 3.36. The molecular formula is C11H16N2O3. The summed E-state index contributed by atoms with van der Waals surface area (Å²) in [5.74, 6) is 0.751. The fraction of sp³-hybridized carbons (Fsp3) is 0.545. The number of amides is 1. The Morgan fingerprint density at radius 1 is 1.62 bits per heavy atom. The van der Waals surface area contributed by atoms with E-state index in [1.165, 1.54) is 0 Å². The van der Waals surface area contributed by atoms with E-state index in [4.69, 9.17) is 9.15 Å². The first-order valence-electron chi connectivity index (χ1n) is 5.46. The van der Waals surface area contributed by atoms with Crippen LogP contribution in [0.3, 0.4) is 0 Å². The highest BCUT2D eigenvalue weighted by molar-refractivity contribution is 5.76. The predicted octanol–water partition coefficient (Wildman–Crippen LogP) is 0.274. The van der Waals surface area contributed by atoms with E-state index in [9.17, 15) is 4.79 Å². The van der Waals surface area contributed by atoms with Gasteiger partial charge in [0.05, 0.1) is 31.9 Å². The standard InChI is InChI=1S/C11H16N2O3/c14-11(6-10-7-12-3-5-16-10)13-8-9-2-1-4-15-9/h1-2,4,10,12H,3,5-8H2,(H,13,14). The number of morpholine rings is 1. The zero-order valence-electron chi connectivity index (χ0n) is 9.07. The van der Waals surface area contributed by atoms with Crippen LogP contribution in [-0.2, 0) is 16.1 Å². The Balaban J connectivity index is 1.67. The third-order valence-electron chi connectivity index (χ3n) is 2.46. The second-order valence-corrected chi connectivity index (χ2v) is 3.76. The van der Waals surface area contributed by atoms with Gasteiger partial charge in [-0.25, -0.2) is 0 Å². The Hall–Kier alpha value is -1.33. The molecule has 1 fully saturated rings. The van der Waals surface area contributed by atoms with Crippen LogP contribution in [0.5, 0.6) is 0 Å². The molecule has 0 aromatic carbocycles. The first-order valence-corrected chi connectivity index (χ1v) is 5.46. The van der Waals surface area contributed by atoms with E-state index in [-0.39, 0.29) is 12.0 Å². The van der Waals surface area contributed by atoms with E-state index < -0.39 is 0 Å². The van der Waals surface area contributed by atoms with Crippen LogP contribution < -0.4 is 10.6 Å². The minimum atomic E-state index is -0.00917. The highest BCUT2D eigenvalue weighted by Gasteiger charge is 2.17. The van der Waals surface area contributed by atoms with Crippen LogP contribution >= 0.6 is 0 Å². The third-order valence-corrected chi connectivity index (χ3v) is 2.46. The van der Waals surface area contributed by atoms with Gasteiger partial charge in [0, 0.05) is 13.1 Å².